The van der Waals surface area contributed by atoms with E-state index in [4.69, 9.17) is 16.3 Å². The van der Waals surface area contributed by atoms with Gasteiger partial charge in [0.05, 0.1) is 18.9 Å². The second-order valence-corrected chi connectivity index (χ2v) is 6.10. The van der Waals surface area contributed by atoms with Gasteiger partial charge in [-0.15, -0.1) is 0 Å². The number of H-pyrrole nitrogens is 1. The number of hydrogen-bond acceptors (Lipinski definition) is 5. The lowest BCUT2D eigenvalue weighted by Gasteiger charge is -2.27. The number of nitrogens with zero attached hydrogens (tertiary/aromatic N) is 3. The SMILES string of the molecule is Fc1ccc(SCc2cc(N3CCOCC3)nc(Cl)n2)[nH+]c1. The number of anilines is 1. The van der Waals surface area contributed by atoms with E-state index in [0.29, 0.717) is 19.0 Å². The fourth-order valence-electron chi connectivity index (χ4n) is 2.11. The van der Waals surface area contributed by atoms with Crippen LogP contribution in [0.5, 0.6) is 0 Å². The Morgan fingerprint density at radius 1 is 1.32 bits per heavy atom. The van der Waals surface area contributed by atoms with E-state index in [1.54, 1.807) is 6.07 Å². The molecule has 0 aromatic carbocycles. The van der Waals surface area contributed by atoms with E-state index >= 15 is 0 Å². The van der Waals surface area contributed by atoms with Crippen LogP contribution in [0, 0.1) is 5.82 Å². The highest BCUT2D eigenvalue weighted by atomic mass is 35.5. The summed E-state index contributed by atoms with van der Waals surface area (Å²) in [6.45, 7) is 2.98. The summed E-state index contributed by atoms with van der Waals surface area (Å²) in [5.74, 6) is 1.16. The van der Waals surface area contributed by atoms with Crippen molar-refractivity contribution in [1.82, 2.24) is 9.97 Å². The molecule has 0 spiro atoms. The molecule has 2 aromatic rings. The largest absolute Gasteiger partial charge is 0.378 e. The summed E-state index contributed by atoms with van der Waals surface area (Å²) < 4.78 is 18.2. The maximum atomic E-state index is 12.9. The smallest absolute Gasteiger partial charge is 0.238 e. The van der Waals surface area contributed by atoms with Gasteiger partial charge in [0.15, 0.2) is 5.82 Å². The zero-order valence-corrected chi connectivity index (χ0v) is 13.3. The fraction of sp³-hybridized carbons (Fsp3) is 0.357. The van der Waals surface area contributed by atoms with Crippen LogP contribution < -0.4 is 9.88 Å². The van der Waals surface area contributed by atoms with Crippen LogP contribution in [-0.2, 0) is 10.5 Å². The molecule has 0 unspecified atom stereocenters. The molecule has 3 heterocycles. The molecule has 2 aromatic heterocycles. The Hall–Kier alpha value is -1.44. The first-order valence-electron chi connectivity index (χ1n) is 6.87. The summed E-state index contributed by atoms with van der Waals surface area (Å²) in [6, 6.07) is 5.06. The van der Waals surface area contributed by atoms with Gasteiger partial charge < -0.3 is 9.64 Å². The lowest BCUT2D eigenvalue weighted by molar-refractivity contribution is -0.429. The van der Waals surface area contributed by atoms with Crippen LogP contribution in [-0.4, -0.2) is 36.3 Å². The van der Waals surface area contributed by atoms with Gasteiger partial charge in [-0.05, 0) is 17.7 Å². The third kappa shape index (κ3) is 4.06. The molecule has 1 saturated heterocycles. The van der Waals surface area contributed by atoms with E-state index < -0.39 is 0 Å². The zero-order valence-electron chi connectivity index (χ0n) is 11.8. The second-order valence-electron chi connectivity index (χ2n) is 4.75. The van der Waals surface area contributed by atoms with E-state index in [1.165, 1.54) is 24.0 Å². The first-order chi connectivity index (χ1) is 10.7. The van der Waals surface area contributed by atoms with Gasteiger partial charge in [0.1, 0.15) is 5.82 Å². The van der Waals surface area contributed by atoms with Crippen molar-refractivity contribution < 1.29 is 14.1 Å². The summed E-state index contributed by atoms with van der Waals surface area (Å²) in [5, 5.41) is 1.10. The van der Waals surface area contributed by atoms with Gasteiger partial charge in [0.25, 0.3) is 0 Å². The predicted octanol–water partition coefficient (Wildman–Crippen LogP) is 2.21. The van der Waals surface area contributed by atoms with Crippen molar-refractivity contribution >= 4 is 29.2 Å². The van der Waals surface area contributed by atoms with E-state index in [-0.39, 0.29) is 11.1 Å². The topological polar surface area (TPSA) is 52.4 Å². The third-order valence-corrected chi connectivity index (χ3v) is 4.37. The molecular weight excluding hydrogens is 327 g/mol. The van der Waals surface area contributed by atoms with Crippen molar-refractivity contribution in [2.24, 2.45) is 0 Å². The van der Waals surface area contributed by atoms with Gasteiger partial charge >= 0.3 is 0 Å². The maximum Gasteiger partial charge on any atom is 0.238 e. The average Bonchev–Trinajstić information content (AvgIpc) is 2.55. The number of nitrogens with one attached hydrogen (secondary N) is 1. The third-order valence-electron chi connectivity index (χ3n) is 3.20. The van der Waals surface area contributed by atoms with Crippen molar-refractivity contribution in [1.29, 1.82) is 0 Å². The Balaban J connectivity index is 1.70. The van der Waals surface area contributed by atoms with E-state index in [0.717, 1.165) is 29.6 Å². The number of aromatic nitrogens is 3. The number of aromatic amines is 1. The summed E-state index contributed by atoms with van der Waals surface area (Å²) >= 11 is 7.56. The Morgan fingerprint density at radius 3 is 2.86 bits per heavy atom. The molecule has 1 aliphatic heterocycles. The Kier molecular flexibility index (Phi) is 5.07. The van der Waals surface area contributed by atoms with Crippen LogP contribution in [0.3, 0.4) is 0 Å². The monoisotopic (exact) mass is 341 g/mol. The molecule has 0 aliphatic carbocycles. The van der Waals surface area contributed by atoms with E-state index in [9.17, 15) is 4.39 Å². The molecule has 1 fully saturated rings. The highest BCUT2D eigenvalue weighted by molar-refractivity contribution is 7.98. The van der Waals surface area contributed by atoms with Crippen LogP contribution in [0.25, 0.3) is 0 Å². The number of pyridine rings is 1. The van der Waals surface area contributed by atoms with Gasteiger partial charge in [-0.2, -0.15) is 0 Å². The molecule has 0 saturated carbocycles. The highest BCUT2D eigenvalue weighted by Gasteiger charge is 2.15. The number of rotatable bonds is 4. The summed E-state index contributed by atoms with van der Waals surface area (Å²) in [6.07, 6.45) is 1.33. The fourth-order valence-corrected chi connectivity index (χ4v) is 3.07. The summed E-state index contributed by atoms with van der Waals surface area (Å²) in [5.41, 5.74) is 0.837. The minimum absolute atomic E-state index is 0.239. The first kappa shape index (κ1) is 15.5. The molecule has 0 radical (unpaired) electrons. The Bertz CT molecular complexity index is 637. The highest BCUT2D eigenvalue weighted by Crippen LogP contribution is 2.22. The average molecular weight is 342 g/mol. The van der Waals surface area contributed by atoms with Crippen molar-refractivity contribution in [3.63, 3.8) is 0 Å². The molecule has 1 N–H and O–H groups in total. The summed E-state index contributed by atoms with van der Waals surface area (Å²) in [4.78, 5) is 13.5. The van der Waals surface area contributed by atoms with Gasteiger partial charge in [0.2, 0.25) is 16.5 Å². The molecule has 0 atom stereocenters. The Labute approximate surface area is 136 Å². The molecule has 8 heteroatoms. The molecule has 0 amide bonds. The van der Waals surface area contributed by atoms with Crippen LogP contribution in [0.1, 0.15) is 5.69 Å². The van der Waals surface area contributed by atoms with Crippen LogP contribution >= 0.6 is 23.4 Å². The molecule has 3 rings (SSSR count). The van der Waals surface area contributed by atoms with Crippen molar-refractivity contribution in [3.05, 3.63) is 41.2 Å². The van der Waals surface area contributed by atoms with Gasteiger partial charge in [-0.3, -0.25) is 0 Å². The van der Waals surface area contributed by atoms with Crippen molar-refractivity contribution in [3.8, 4) is 0 Å². The van der Waals surface area contributed by atoms with Crippen LogP contribution in [0.2, 0.25) is 5.28 Å². The van der Waals surface area contributed by atoms with Crippen molar-refractivity contribution in [2.75, 3.05) is 31.2 Å². The van der Waals surface area contributed by atoms with E-state index in [1.807, 2.05) is 6.07 Å². The number of ether oxygens (including phenoxy) is 1. The number of halogens is 2. The molecule has 5 nitrogen and oxygen atoms in total. The predicted molar refractivity (Wildman–Crippen MR) is 82.6 cm³/mol. The van der Waals surface area contributed by atoms with Crippen LogP contribution in [0.4, 0.5) is 10.2 Å². The van der Waals surface area contributed by atoms with Gasteiger partial charge in [-0.1, -0.05) is 11.8 Å². The standard InChI is InChI=1S/C14H14ClFN4OS/c15-14-18-11(9-22-13-2-1-10(16)8-17-13)7-12(19-14)20-3-5-21-6-4-20/h1-2,7-8H,3-6,9H2/p+1. The number of hydrogen-bond donors (Lipinski definition) is 0. The second kappa shape index (κ2) is 7.21. The maximum absolute atomic E-state index is 12.9. The van der Waals surface area contributed by atoms with Crippen LogP contribution in [0.15, 0.2) is 29.4 Å². The van der Waals surface area contributed by atoms with E-state index in [2.05, 4.69) is 19.9 Å². The van der Waals surface area contributed by atoms with Gasteiger partial charge in [0, 0.05) is 31.0 Å². The van der Waals surface area contributed by atoms with Gasteiger partial charge in [-0.25, -0.2) is 19.3 Å². The minimum Gasteiger partial charge on any atom is -0.378 e. The molecular formula is C14H15ClFN4OS+. The number of thioether (sulfide) groups is 1. The normalized spacial score (nSPS) is 15.1. The lowest BCUT2D eigenvalue weighted by atomic mass is 10.3. The first-order valence-corrected chi connectivity index (χ1v) is 8.23. The zero-order chi connectivity index (χ0) is 15.4. The quantitative estimate of drug-likeness (QED) is 0.630. The summed E-state index contributed by atoms with van der Waals surface area (Å²) in [7, 11) is 0. The lowest BCUT2D eigenvalue weighted by Crippen LogP contribution is -2.36. The molecule has 116 valence electrons. The van der Waals surface area contributed by atoms with Crippen molar-refractivity contribution in [2.45, 2.75) is 10.8 Å². The Morgan fingerprint density at radius 2 is 2.14 bits per heavy atom. The molecule has 22 heavy (non-hydrogen) atoms. The minimum atomic E-state index is -0.288. The number of morpholine rings is 1. The molecule has 0 bridgehead atoms. The molecule has 1 aliphatic rings.